The largest absolute Gasteiger partial charge is 0.461 e. The Morgan fingerprint density at radius 2 is 1.44 bits per heavy atom. The van der Waals surface area contributed by atoms with Crippen molar-refractivity contribution in [3.8, 4) is 0 Å². The van der Waals surface area contributed by atoms with Crippen LogP contribution in [-0.4, -0.2) is 135 Å². The van der Waals surface area contributed by atoms with Gasteiger partial charge in [0.2, 0.25) is 5.89 Å². The number of halogens is 6. The van der Waals surface area contributed by atoms with Crippen LogP contribution in [0, 0.1) is 11.8 Å². The maximum absolute atomic E-state index is 13.7. The molecule has 7 rings (SSSR count). The van der Waals surface area contributed by atoms with Gasteiger partial charge in [0.1, 0.15) is 47.9 Å². The molecule has 0 bridgehead atoms. The van der Waals surface area contributed by atoms with Gasteiger partial charge in [-0.05, 0) is 94.3 Å². The van der Waals surface area contributed by atoms with Crippen LogP contribution in [0.2, 0.25) is 5.04 Å². The molecule has 0 saturated carbocycles. The highest BCUT2D eigenvalue weighted by atomic mass is 31.2. The fourth-order valence-corrected chi connectivity index (χ4v) is 18.1. The number of carbonyl (C=O) groups excluding carboxylic acids is 3. The van der Waals surface area contributed by atoms with Crippen LogP contribution in [-0.2, 0) is 56.0 Å². The quantitative estimate of drug-likeness (QED) is 0.0245. The first-order valence-electron chi connectivity index (χ1n) is 29.1. The Hall–Kier alpha value is -4.97. The smallest absolute Gasteiger partial charge is 0.413 e. The number of esters is 1. The van der Waals surface area contributed by atoms with Crippen LogP contribution in [0.5, 0.6) is 0 Å². The fraction of sp³-hybridized carbons (Fsp3) is 0.613. The highest BCUT2D eigenvalue weighted by Gasteiger charge is 2.53. The topological polar surface area (TPSA) is 181 Å². The summed E-state index contributed by atoms with van der Waals surface area (Å²) in [5.41, 5.74) is 0.141. The minimum absolute atomic E-state index is 0.0734. The average molecular weight is 1250 g/mol. The second-order valence-corrected chi connectivity index (χ2v) is 31.8. The molecule has 24 heteroatoms. The molecule has 0 radical (unpaired) electrons. The number of amides is 1. The molecule has 1 aromatic heterocycles. The van der Waals surface area contributed by atoms with Crippen molar-refractivity contribution in [2.45, 2.75) is 205 Å². The normalized spacial score (nSPS) is 27.3. The van der Waals surface area contributed by atoms with Gasteiger partial charge in [-0.2, -0.15) is 26.3 Å². The number of hydrogen-bond donors (Lipinski definition) is 0. The minimum atomic E-state index is -5.40. The molecule has 11 atom stereocenters. The van der Waals surface area contributed by atoms with Crippen molar-refractivity contribution >= 4 is 50.7 Å². The number of carbonyl (C=O) groups is 3. The van der Waals surface area contributed by atoms with Crippen LogP contribution in [0.4, 0.5) is 31.1 Å². The summed E-state index contributed by atoms with van der Waals surface area (Å²) < 4.78 is 153. The van der Waals surface area contributed by atoms with E-state index in [1.54, 1.807) is 73.6 Å². The molecule has 0 aliphatic carbocycles. The number of oxazole rings is 1. The molecule has 2 aromatic carbocycles. The summed E-state index contributed by atoms with van der Waals surface area (Å²) in [4.78, 5) is 45.3. The molecule has 86 heavy (non-hydrogen) atoms. The highest BCUT2D eigenvalue weighted by molar-refractivity contribution is 7.54. The molecule has 4 saturated heterocycles. The molecule has 5 heterocycles. The van der Waals surface area contributed by atoms with Gasteiger partial charge in [0.25, 0.3) is 8.32 Å². The Morgan fingerprint density at radius 1 is 0.837 bits per heavy atom. The standard InChI is InChI=1S/C62H83F6N2O14PSi/c1-39-28-44(26-27-71)79-45(29-39)31-46-32-47(84-86(59(8,9)10,48-20-15-13-16-21-48)49-22-17-14-18-23-49)33-52(80-46)50-35-75-53(69-50)25-19-24-51-41(3)56(82-54(72)36-85(74,77-37-61(63,64)65)78-38-62(66,67)68)42(4)55(81-51)40(2)30-43-34-76-60(11,12)70(43)57(73)83-58(5,6)7/h13-23,25,27,30,35,41-47,51-52,55-56H,1,24,26,28-29,31-34,36-38H2,2-12H3/b25-19+,40-30+/t41-,42-,43+,44-,45+,46+,47+,51+,52+,55-,56-/m0/s1. The molecule has 0 unspecified atom stereocenters. The number of benzene rings is 2. The van der Waals surface area contributed by atoms with E-state index >= 15 is 0 Å². The lowest BCUT2D eigenvalue weighted by Gasteiger charge is -2.47. The Morgan fingerprint density at radius 3 is 2.01 bits per heavy atom. The van der Waals surface area contributed by atoms with E-state index in [0.29, 0.717) is 43.4 Å². The Kier molecular flexibility index (Phi) is 22.2. The summed E-state index contributed by atoms with van der Waals surface area (Å²) in [6.45, 7) is 20.2. The maximum Gasteiger partial charge on any atom is 0.413 e. The number of nitrogens with zero attached hydrogens (tertiary/aromatic N) is 2. The van der Waals surface area contributed by atoms with Crippen LogP contribution in [0.1, 0.15) is 139 Å². The van der Waals surface area contributed by atoms with Crippen molar-refractivity contribution < 1.29 is 91.6 Å². The van der Waals surface area contributed by atoms with E-state index in [1.807, 2.05) is 36.4 Å². The third-order valence-corrected chi connectivity index (χ3v) is 22.6. The van der Waals surface area contributed by atoms with E-state index in [-0.39, 0.29) is 54.8 Å². The number of rotatable bonds is 21. The molecule has 476 valence electrons. The number of aldehydes is 1. The van der Waals surface area contributed by atoms with E-state index in [2.05, 4.69) is 60.7 Å². The first-order valence-corrected chi connectivity index (χ1v) is 32.7. The van der Waals surface area contributed by atoms with Crippen molar-refractivity contribution in [2.24, 2.45) is 11.8 Å². The van der Waals surface area contributed by atoms with Gasteiger partial charge >= 0.3 is 32.0 Å². The van der Waals surface area contributed by atoms with Gasteiger partial charge in [-0.3, -0.25) is 23.3 Å². The van der Waals surface area contributed by atoms with Crippen molar-refractivity contribution in [1.82, 2.24) is 9.88 Å². The van der Waals surface area contributed by atoms with Gasteiger partial charge in [0.15, 0.2) is 13.2 Å². The molecule has 4 fully saturated rings. The Bertz CT molecular complexity index is 2830. The molecule has 16 nitrogen and oxygen atoms in total. The molecular weight excluding hydrogens is 1170 g/mol. The summed E-state index contributed by atoms with van der Waals surface area (Å²) in [5, 5.41) is 1.91. The fourth-order valence-electron chi connectivity index (χ4n) is 12.1. The zero-order chi connectivity index (χ0) is 63.2. The Balaban J connectivity index is 1.17. The highest BCUT2D eigenvalue weighted by Crippen LogP contribution is 2.51. The van der Waals surface area contributed by atoms with Gasteiger partial charge in [0.05, 0.1) is 49.3 Å². The van der Waals surface area contributed by atoms with Crippen LogP contribution in [0.15, 0.2) is 101 Å². The van der Waals surface area contributed by atoms with Crippen molar-refractivity contribution in [3.63, 3.8) is 0 Å². The molecule has 1 amide bonds. The lowest BCUT2D eigenvalue weighted by Crippen LogP contribution is -2.68. The third-order valence-electron chi connectivity index (χ3n) is 15.8. The summed E-state index contributed by atoms with van der Waals surface area (Å²) in [6.07, 6.45) is -6.44. The Labute approximate surface area is 501 Å². The molecule has 4 aliphatic rings. The average Bonchev–Trinajstić information content (AvgIpc) is 0.917. The molecular formula is C62H83F6N2O14PSi. The predicted molar refractivity (Wildman–Crippen MR) is 311 cm³/mol. The zero-order valence-corrected chi connectivity index (χ0v) is 52.7. The maximum atomic E-state index is 13.7. The predicted octanol–water partition coefficient (Wildman–Crippen LogP) is 12.9. The van der Waals surface area contributed by atoms with Gasteiger partial charge in [-0.15, -0.1) is 0 Å². The van der Waals surface area contributed by atoms with Gasteiger partial charge in [-0.25, -0.2) is 9.78 Å². The number of hydrogen-bond acceptors (Lipinski definition) is 15. The molecule has 0 spiro atoms. The molecule has 0 N–H and O–H groups in total. The van der Waals surface area contributed by atoms with Crippen molar-refractivity contribution in [3.05, 3.63) is 108 Å². The monoisotopic (exact) mass is 1250 g/mol. The van der Waals surface area contributed by atoms with E-state index in [1.165, 1.54) is 11.2 Å². The lowest BCUT2D eigenvalue weighted by atomic mass is 9.79. The van der Waals surface area contributed by atoms with E-state index in [0.717, 1.165) is 22.2 Å². The van der Waals surface area contributed by atoms with Crippen molar-refractivity contribution in [2.75, 3.05) is 26.0 Å². The van der Waals surface area contributed by atoms with Crippen LogP contribution in [0.3, 0.4) is 0 Å². The molecule has 4 aliphatic heterocycles. The van der Waals surface area contributed by atoms with Gasteiger partial charge < -0.3 is 42.1 Å². The third kappa shape index (κ3) is 18.1. The SMILES string of the molecule is C=C1C[C@H](C[C@@H]2C[C@@H](O[Si](c3ccccc3)(c3ccccc3)C(C)(C)C)C[C@H](c3coc(/C=C/C[C@H]4O[C@@H](/C(C)=C/[C@@H]5COC(C)(C)N5C(=O)OC(C)(C)C)[C@H](C)[C@@H](OC(=O)CP(=O)(OCC(F)(F)F)OCC(F)(F)F)[C@H]4C)n3)O2)O[C@@H](CC=O)C1. The van der Waals surface area contributed by atoms with E-state index in [9.17, 15) is 45.3 Å². The number of ether oxygens (including phenoxy) is 6. The summed E-state index contributed by atoms with van der Waals surface area (Å²) >= 11 is 0. The second-order valence-electron chi connectivity index (χ2n) is 25.4. The first kappa shape index (κ1) is 68.5. The minimum Gasteiger partial charge on any atom is -0.461 e. The summed E-state index contributed by atoms with van der Waals surface area (Å²) in [5.74, 6) is -2.68. The van der Waals surface area contributed by atoms with Gasteiger partial charge in [-0.1, -0.05) is 120 Å². The van der Waals surface area contributed by atoms with E-state index in [4.69, 9.17) is 42.2 Å². The number of aromatic nitrogens is 1. The van der Waals surface area contributed by atoms with E-state index < -0.39 is 113 Å². The zero-order valence-electron chi connectivity index (χ0n) is 50.8. The van der Waals surface area contributed by atoms with Crippen LogP contribution < -0.4 is 10.4 Å². The van der Waals surface area contributed by atoms with Crippen LogP contribution in [0.25, 0.3) is 6.08 Å². The summed E-state index contributed by atoms with van der Waals surface area (Å²) in [7, 11) is -8.47. The lowest BCUT2D eigenvalue weighted by molar-refractivity contribution is -0.183. The summed E-state index contributed by atoms with van der Waals surface area (Å²) in [6, 6.07) is 20.0. The molecule has 3 aromatic rings. The van der Waals surface area contributed by atoms with Crippen LogP contribution >= 0.6 is 7.60 Å². The van der Waals surface area contributed by atoms with Crippen molar-refractivity contribution in [1.29, 1.82) is 0 Å². The van der Waals surface area contributed by atoms with Gasteiger partial charge in [0, 0.05) is 31.1 Å². The number of alkyl halides is 6. The second kappa shape index (κ2) is 27.8. The first-order chi connectivity index (χ1) is 40.1.